The van der Waals surface area contributed by atoms with Crippen molar-refractivity contribution in [3.63, 3.8) is 0 Å². The van der Waals surface area contributed by atoms with Gasteiger partial charge in [0, 0.05) is 45.0 Å². The van der Waals surface area contributed by atoms with E-state index in [1.54, 1.807) is 23.3 Å². The minimum Gasteiger partial charge on any atom is -0.444 e. The van der Waals surface area contributed by atoms with Crippen LogP contribution in [0.4, 0.5) is 15.7 Å². The number of fused-ring (bicyclic) bond motifs is 3. The summed E-state index contributed by atoms with van der Waals surface area (Å²) >= 11 is 1.70. The maximum atomic E-state index is 12.1. The average molecular weight is 393 g/mol. The maximum Gasteiger partial charge on any atom is 0.410 e. The molecule has 0 aliphatic carbocycles. The van der Waals surface area contributed by atoms with Gasteiger partial charge in [-0.1, -0.05) is 0 Å². The molecule has 9 heteroatoms. The Balaban J connectivity index is 1.62. The van der Waals surface area contributed by atoms with E-state index in [1.807, 2.05) is 34.0 Å². The van der Waals surface area contributed by atoms with Crippen LogP contribution in [0.15, 0.2) is 6.20 Å². The van der Waals surface area contributed by atoms with Gasteiger partial charge in [0.25, 0.3) is 0 Å². The fraction of sp³-hybridized carbons (Fsp3) is 0.611. The zero-order chi connectivity index (χ0) is 19.6. The third-order valence-corrected chi connectivity index (χ3v) is 5.47. The number of nitrogens with zero attached hydrogens (tertiary/aromatic N) is 4. The van der Waals surface area contributed by atoms with Crippen LogP contribution in [-0.2, 0) is 11.2 Å². The summed E-state index contributed by atoms with van der Waals surface area (Å²) in [6, 6.07) is 0. The number of rotatable bonds is 5. The van der Waals surface area contributed by atoms with E-state index in [4.69, 9.17) is 9.72 Å². The highest BCUT2D eigenvalue weighted by molar-refractivity contribution is 7.16. The highest BCUT2D eigenvalue weighted by atomic mass is 32.1. The number of thiazole rings is 1. The van der Waals surface area contributed by atoms with Crippen LogP contribution in [-0.4, -0.2) is 65.5 Å². The van der Waals surface area contributed by atoms with E-state index < -0.39 is 5.60 Å². The first-order valence-electron chi connectivity index (χ1n) is 9.18. The van der Waals surface area contributed by atoms with Gasteiger partial charge >= 0.3 is 6.09 Å². The van der Waals surface area contributed by atoms with Gasteiger partial charge in [0.1, 0.15) is 11.4 Å². The predicted octanol–water partition coefficient (Wildman–Crippen LogP) is 3.19. The summed E-state index contributed by atoms with van der Waals surface area (Å²) in [4.78, 5) is 22.0. The molecule has 0 atom stereocenters. The number of nitrogens with one attached hydrogen (secondary N) is 2. The van der Waals surface area contributed by atoms with Gasteiger partial charge < -0.3 is 19.9 Å². The van der Waals surface area contributed by atoms with E-state index in [-0.39, 0.29) is 6.09 Å². The first-order valence-corrected chi connectivity index (χ1v) is 10.0. The Morgan fingerprint density at radius 1 is 1.48 bits per heavy atom. The van der Waals surface area contributed by atoms with E-state index in [0.29, 0.717) is 6.54 Å². The van der Waals surface area contributed by atoms with Crippen molar-refractivity contribution < 1.29 is 9.53 Å². The molecule has 0 saturated heterocycles. The summed E-state index contributed by atoms with van der Waals surface area (Å²) in [6.45, 7) is 7.99. The lowest BCUT2D eigenvalue weighted by molar-refractivity contribution is 0.0298. The van der Waals surface area contributed by atoms with Crippen LogP contribution in [0, 0.1) is 0 Å². The molecule has 0 radical (unpaired) electrons. The number of amides is 1. The Labute approximate surface area is 163 Å². The Morgan fingerprint density at radius 2 is 2.26 bits per heavy atom. The van der Waals surface area contributed by atoms with E-state index in [0.717, 1.165) is 48.1 Å². The first kappa shape index (κ1) is 19.5. The number of hydrogen-bond acceptors (Lipinski definition) is 7. The summed E-state index contributed by atoms with van der Waals surface area (Å²) in [7, 11) is 3.67. The van der Waals surface area contributed by atoms with Crippen molar-refractivity contribution in [1.82, 2.24) is 20.1 Å². The van der Waals surface area contributed by atoms with Crippen LogP contribution in [0.5, 0.6) is 0 Å². The van der Waals surface area contributed by atoms with Gasteiger partial charge in [0.15, 0.2) is 5.13 Å². The molecule has 27 heavy (non-hydrogen) atoms. The van der Waals surface area contributed by atoms with Crippen LogP contribution in [0.2, 0.25) is 0 Å². The summed E-state index contributed by atoms with van der Waals surface area (Å²) < 4.78 is 5.40. The zero-order valence-corrected chi connectivity index (χ0v) is 17.4. The smallest absolute Gasteiger partial charge is 0.410 e. The van der Waals surface area contributed by atoms with Crippen molar-refractivity contribution in [1.29, 1.82) is 0 Å². The van der Waals surface area contributed by atoms with Gasteiger partial charge in [0.2, 0.25) is 0 Å². The number of aromatic nitrogens is 3. The van der Waals surface area contributed by atoms with Gasteiger partial charge in [-0.2, -0.15) is 5.10 Å². The van der Waals surface area contributed by atoms with Crippen molar-refractivity contribution in [3.8, 4) is 11.3 Å². The number of H-pyrrole nitrogens is 1. The third-order valence-electron chi connectivity index (χ3n) is 4.34. The average Bonchev–Trinajstić information content (AvgIpc) is 3.20. The Morgan fingerprint density at radius 3 is 2.96 bits per heavy atom. The number of ether oxygens (including phenoxy) is 1. The lowest BCUT2D eigenvalue weighted by atomic mass is 10.2. The van der Waals surface area contributed by atoms with E-state index >= 15 is 0 Å². The molecule has 0 spiro atoms. The van der Waals surface area contributed by atoms with E-state index in [9.17, 15) is 4.79 Å². The summed E-state index contributed by atoms with van der Waals surface area (Å²) in [5.41, 5.74) is 1.58. The summed E-state index contributed by atoms with van der Waals surface area (Å²) in [5.74, 6) is 1.00. The van der Waals surface area contributed by atoms with Crippen LogP contribution in [0.1, 0.15) is 32.1 Å². The lowest BCUT2D eigenvalue weighted by Crippen LogP contribution is -2.36. The molecule has 0 saturated carbocycles. The zero-order valence-electron chi connectivity index (χ0n) is 16.6. The Hall–Kier alpha value is -2.29. The molecule has 8 nitrogen and oxygen atoms in total. The highest BCUT2D eigenvalue weighted by Crippen LogP contribution is 2.38. The molecule has 0 aromatic carbocycles. The van der Waals surface area contributed by atoms with Gasteiger partial charge in [-0.05, 0) is 27.2 Å². The van der Waals surface area contributed by atoms with Gasteiger partial charge in [-0.3, -0.25) is 5.10 Å². The SMILES string of the molecule is CNc1nc2c(s1)CCN(CCCN(C)C(=O)OC(C)(C)C)c1[nH]ncc1-2. The predicted molar refractivity (Wildman–Crippen MR) is 109 cm³/mol. The van der Waals surface area contributed by atoms with Crippen LogP contribution in [0.25, 0.3) is 11.3 Å². The minimum atomic E-state index is -0.475. The molecule has 148 valence electrons. The molecule has 3 rings (SSSR count). The fourth-order valence-corrected chi connectivity index (χ4v) is 3.95. The van der Waals surface area contributed by atoms with Gasteiger partial charge in [-0.25, -0.2) is 9.78 Å². The second-order valence-corrected chi connectivity index (χ2v) is 8.75. The second kappa shape index (κ2) is 7.75. The molecule has 1 aliphatic rings. The van der Waals surface area contributed by atoms with Gasteiger partial charge in [0.05, 0.1) is 17.5 Å². The van der Waals surface area contributed by atoms with Crippen molar-refractivity contribution in [2.24, 2.45) is 0 Å². The molecule has 2 aromatic rings. The Bertz CT molecular complexity index is 794. The second-order valence-electron chi connectivity index (χ2n) is 7.67. The van der Waals surface area contributed by atoms with Crippen molar-refractivity contribution in [2.45, 2.75) is 39.2 Å². The van der Waals surface area contributed by atoms with Crippen molar-refractivity contribution >= 4 is 28.4 Å². The molecule has 0 unspecified atom stereocenters. The molecule has 0 bridgehead atoms. The number of anilines is 2. The third kappa shape index (κ3) is 4.52. The van der Waals surface area contributed by atoms with Crippen molar-refractivity contribution in [2.75, 3.05) is 43.9 Å². The molecule has 1 amide bonds. The van der Waals surface area contributed by atoms with E-state index in [2.05, 4.69) is 20.4 Å². The molecule has 0 fully saturated rings. The summed E-state index contributed by atoms with van der Waals surface area (Å²) in [5, 5.41) is 11.4. The molecular formula is C18H28N6O2S. The van der Waals surface area contributed by atoms with Crippen LogP contribution < -0.4 is 10.2 Å². The lowest BCUT2D eigenvalue weighted by Gasteiger charge is -2.26. The minimum absolute atomic E-state index is 0.286. The fourth-order valence-electron chi connectivity index (χ4n) is 3.03. The molecular weight excluding hydrogens is 364 g/mol. The standard InChI is InChI=1S/C18H28N6O2S/c1-18(2,3)26-17(25)23(5)8-6-9-24-10-7-13-14(21-16(19-4)27-13)12-11-20-22-15(12)24/h11H,6-10H2,1-5H3,(H,19,21)(H,20,22). The number of aromatic amines is 1. The van der Waals surface area contributed by atoms with E-state index in [1.165, 1.54) is 4.88 Å². The molecule has 3 heterocycles. The normalized spacial score (nSPS) is 13.6. The maximum absolute atomic E-state index is 12.1. The molecule has 1 aliphatic heterocycles. The quantitative estimate of drug-likeness (QED) is 0.813. The molecule has 2 N–H and O–H groups in total. The van der Waals surface area contributed by atoms with Crippen molar-refractivity contribution in [3.05, 3.63) is 11.1 Å². The van der Waals surface area contributed by atoms with Crippen LogP contribution in [0.3, 0.4) is 0 Å². The van der Waals surface area contributed by atoms with Gasteiger partial charge in [-0.15, -0.1) is 11.3 Å². The highest BCUT2D eigenvalue weighted by Gasteiger charge is 2.25. The topological polar surface area (TPSA) is 86.4 Å². The summed E-state index contributed by atoms with van der Waals surface area (Å²) in [6.07, 6.45) is 3.35. The number of carbonyl (C=O) groups is 1. The monoisotopic (exact) mass is 392 g/mol. The first-order chi connectivity index (χ1) is 12.8. The molecule has 2 aromatic heterocycles. The number of hydrogen-bond donors (Lipinski definition) is 2. The largest absolute Gasteiger partial charge is 0.444 e. The Kier molecular flexibility index (Phi) is 5.59. The number of carbonyl (C=O) groups excluding carboxylic acids is 1. The van der Waals surface area contributed by atoms with Crippen LogP contribution >= 0.6 is 11.3 Å².